The van der Waals surface area contributed by atoms with E-state index in [0.29, 0.717) is 23.7 Å². The second-order valence-electron chi connectivity index (χ2n) is 7.15. The number of nitrogens with zero attached hydrogens (tertiary/aromatic N) is 3. The van der Waals surface area contributed by atoms with Gasteiger partial charge in [-0.05, 0) is 36.8 Å². The number of rotatable bonds is 3. The SMILES string of the molecule is Cc1ccc(C2=NCc3ccc(NC(=O)c4c(F)cc5c(cnn5C)c4F)cc32)o1. The van der Waals surface area contributed by atoms with Crippen molar-refractivity contribution in [2.45, 2.75) is 13.5 Å². The Morgan fingerprint density at radius 1 is 1.20 bits per heavy atom. The zero-order valence-corrected chi connectivity index (χ0v) is 16.2. The maximum absolute atomic E-state index is 14.8. The van der Waals surface area contributed by atoms with Crippen molar-refractivity contribution >= 4 is 28.2 Å². The summed E-state index contributed by atoms with van der Waals surface area (Å²) < 4.78 is 36.4. The van der Waals surface area contributed by atoms with E-state index >= 15 is 0 Å². The molecule has 0 radical (unpaired) electrons. The molecule has 1 N–H and O–H groups in total. The highest BCUT2D eigenvalue weighted by atomic mass is 19.1. The number of furan rings is 1. The van der Waals surface area contributed by atoms with Gasteiger partial charge in [-0.3, -0.25) is 14.5 Å². The van der Waals surface area contributed by atoms with E-state index in [0.717, 1.165) is 23.0 Å². The summed E-state index contributed by atoms with van der Waals surface area (Å²) >= 11 is 0. The highest BCUT2D eigenvalue weighted by Gasteiger charge is 2.24. The van der Waals surface area contributed by atoms with Crippen LogP contribution in [0, 0.1) is 18.6 Å². The molecular formula is C22H16F2N4O2. The van der Waals surface area contributed by atoms with Crippen molar-refractivity contribution in [3.63, 3.8) is 0 Å². The van der Waals surface area contributed by atoms with E-state index < -0.39 is 23.1 Å². The highest BCUT2D eigenvalue weighted by molar-refractivity contribution is 6.14. The minimum absolute atomic E-state index is 0.0839. The molecule has 5 rings (SSSR count). The van der Waals surface area contributed by atoms with Crippen LogP contribution in [0.15, 0.2) is 52.0 Å². The average molecular weight is 406 g/mol. The van der Waals surface area contributed by atoms with Gasteiger partial charge in [0.1, 0.15) is 28.7 Å². The van der Waals surface area contributed by atoms with Crippen LogP contribution in [0.5, 0.6) is 0 Å². The van der Waals surface area contributed by atoms with Crippen LogP contribution in [-0.4, -0.2) is 21.4 Å². The number of fused-ring (bicyclic) bond motifs is 2. The lowest BCUT2D eigenvalue weighted by atomic mass is 10.0. The van der Waals surface area contributed by atoms with Crippen molar-refractivity contribution in [1.29, 1.82) is 0 Å². The van der Waals surface area contributed by atoms with Gasteiger partial charge in [0, 0.05) is 24.4 Å². The Bertz CT molecular complexity index is 1370. The first-order valence-corrected chi connectivity index (χ1v) is 9.28. The minimum atomic E-state index is -0.949. The topological polar surface area (TPSA) is 72.4 Å². The number of aryl methyl sites for hydroxylation is 2. The molecule has 150 valence electrons. The Balaban J connectivity index is 1.48. The van der Waals surface area contributed by atoms with Gasteiger partial charge in [0.2, 0.25) is 0 Å². The maximum Gasteiger partial charge on any atom is 0.261 e. The van der Waals surface area contributed by atoms with E-state index in [1.807, 2.05) is 25.1 Å². The van der Waals surface area contributed by atoms with Crippen LogP contribution in [0.2, 0.25) is 0 Å². The molecule has 1 amide bonds. The summed E-state index contributed by atoms with van der Waals surface area (Å²) in [6, 6.07) is 10.0. The maximum atomic E-state index is 14.8. The van der Waals surface area contributed by atoms with Gasteiger partial charge in [-0.1, -0.05) is 6.07 Å². The van der Waals surface area contributed by atoms with Crippen molar-refractivity contribution in [2.24, 2.45) is 12.0 Å². The third-order valence-corrected chi connectivity index (χ3v) is 5.17. The second kappa shape index (κ2) is 6.62. The molecule has 4 aromatic rings. The Kier molecular flexibility index (Phi) is 4.02. The molecule has 2 aromatic carbocycles. The number of benzene rings is 2. The van der Waals surface area contributed by atoms with Crippen molar-refractivity contribution in [2.75, 3.05) is 5.32 Å². The highest BCUT2D eigenvalue weighted by Crippen LogP contribution is 2.28. The lowest BCUT2D eigenvalue weighted by molar-refractivity contribution is 0.101. The third-order valence-electron chi connectivity index (χ3n) is 5.17. The van der Waals surface area contributed by atoms with Crippen LogP contribution < -0.4 is 5.32 Å². The fourth-order valence-electron chi connectivity index (χ4n) is 3.66. The lowest BCUT2D eigenvalue weighted by Gasteiger charge is -2.10. The van der Waals surface area contributed by atoms with Crippen molar-refractivity contribution < 1.29 is 18.0 Å². The lowest BCUT2D eigenvalue weighted by Crippen LogP contribution is -2.16. The van der Waals surface area contributed by atoms with Crippen molar-refractivity contribution in [3.8, 4) is 0 Å². The summed E-state index contributed by atoms with van der Waals surface area (Å²) in [5.74, 6) is -1.36. The Labute approximate surface area is 169 Å². The van der Waals surface area contributed by atoms with Gasteiger partial charge in [0.15, 0.2) is 5.76 Å². The van der Waals surface area contributed by atoms with Gasteiger partial charge in [-0.15, -0.1) is 0 Å². The fourth-order valence-corrected chi connectivity index (χ4v) is 3.66. The van der Waals surface area contributed by atoms with Gasteiger partial charge in [0.05, 0.1) is 23.6 Å². The summed E-state index contributed by atoms with van der Waals surface area (Å²) in [4.78, 5) is 17.2. The number of hydrogen-bond acceptors (Lipinski definition) is 4. The normalized spacial score (nSPS) is 12.9. The number of anilines is 1. The molecule has 0 spiro atoms. The number of carbonyl (C=O) groups excluding carboxylic acids is 1. The molecule has 0 aliphatic carbocycles. The van der Waals surface area contributed by atoms with Crippen molar-refractivity contribution in [1.82, 2.24) is 9.78 Å². The molecular weight excluding hydrogens is 390 g/mol. The Morgan fingerprint density at radius 3 is 2.80 bits per heavy atom. The molecule has 1 aliphatic heterocycles. The molecule has 2 aromatic heterocycles. The fraction of sp³-hybridized carbons (Fsp3) is 0.136. The molecule has 30 heavy (non-hydrogen) atoms. The van der Waals surface area contributed by atoms with E-state index in [9.17, 15) is 13.6 Å². The third kappa shape index (κ3) is 2.80. The summed E-state index contributed by atoms with van der Waals surface area (Å²) in [6.45, 7) is 2.35. The monoisotopic (exact) mass is 406 g/mol. The van der Waals surface area contributed by atoms with Gasteiger partial charge >= 0.3 is 0 Å². The number of amides is 1. The number of hydrogen-bond donors (Lipinski definition) is 1. The zero-order valence-electron chi connectivity index (χ0n) is 16.2. The first-order valence-electron chi connectivity index (χ1n) is 9.28. The Hall–Kier alpha value is -3.81. The number of nitrogens with one attached hydrogen (secondary N) is 1. The molecule has 0 unspecified atom stereocenters. The predicted octanol–water partition coefficient (Wildman–Crippen LogP) is 4.36. The summed E-state index contributed by atoms with van der Waals surface area (Å²) in [5.41, 5.74) is 2.50. The number of halogens is 2. The second-order valence-corrected chi connectivity index (χ2v) is 7.15. The summed E-state index contributed by atoms with van der Waals surface area (Å²) in [7, 11) is 1.57. The molecule has 0 fully saturated rings. The van der Waals surface area contributed by atoms with Crippen LogP contribution in [0.25, 0.3) is 10.9 Å². The van der Waals surface area contributed by atoms with E-state index in [2.05, 4.69) is 15.4 Å². The summed E-state index contributed by atoms with van der Waals surface area (Å²) in [5, 5.41) is 6.59. The van der Waals surface area contributed by atoms with Crippen LogP contribution >= 0.6 is 0 Å². The number of aliphatic imine (C=N–C) groups is 1. The van der Waals surface area contributed by atoms with E-state index in [1.54, 1.807) is 19.2 Å². The largest absolute Gasteiger partial charge is 0.460 e. The van der Waals surface area contributed by atoms with Crippen LogP contribution in [-0.2, 0) is 13.6 Å². The van der Waals surface area contributed by atoms with Gasteiger partial charge < -0.3 is 9.73 Å². The number of aromatic nitrogens is 2. The van der Waals surface area contributed by atoms with Gasteiger partial charge in [-0.25, -0.2) is 8.78 Å². The summed E-state index contributed by atoms with van der Waals surface area (Å²) in [6.07, 6.45) is 1.27. The van der Waals surface area contributed by atoms with E-state index in [1.165, 1.54) is 10.9 Å². The number of carbonyl (C=O) groups is 1. The first-order chi connectivity index (χ1) is 14.4. The first kappa shape index (κ1) is 18.2. The molecule has 3 heterocycles. The van der Waals surface area contributed by atoms with Crippen LogP contribution in [0.3, 0.4) is 0 Å². The van der Waals surface area contributed by atoms with Crippen LogP contribution in [0.1, 0.15) is 33.0 Å². The molecule has 0 atom stereocenters. The molecule has 8 heteroatoms. The van der Waals surface area contributed by atoms with Gasteiger partial charge in [-0.2, -0.15) is 5.10 Å². The average Bonchev–Trinajstić information content (AvgIpc) is 3.41. The Morgan fingerprint density at radius 2 is 2.03 bits per heavy atom. The molecule has 0 bridgehead atoms. The van der Waals surface area contributed by atoms with Crippen LogP contribution in [0.4, 0.5) is 14.5 Å². The molecule has 0 saturated carbocycles. The minimum Gasteiger partial charge on any atom is -0.460 e. The quantitative estimate of drug-likeness (QED) is 0.550. The van der Waals surface area contributed by atoms with E-state index in [-0.39, 0.29) is 10.9 Å². The molecule has 0 saturated heterocycles. The standard InChI is InChI=1S/C22H16F2N4O2/c1-11-3-6-18(30-11)21-14-7-13(5-4-12(14)9-25-21)27-22(29)19-16(23)8-17-15(20(19)24)10-26-28(17)2/h3-8,10H,9H2,1-2H3,(H,27,29). The van der Waals surface area contributed by atoms with E-state index in [4.69, 9.17) is 4.42 Å². The zero-order chi connectivity index (χ0) is 21.0. The smallest absolute Gasteiger partial charge is 0.261 e. The van der Waals surface area contributed by atoms with Crippen molar-refractivity contribution in [3.05, 3.63) is 82.4 Å². The predicted molar refractivity (Wildman–Crippen MR) is 108 cm³/mol. The molecule has 6 nitrogen and oxygen atoms in total. The van der Waals surface area contributed by atoms with Gasteiger partial charge in [0.25, 0.3) is 5.91 Å². The molecule has 1 aliphatic rings.